The van der Waals surface area contributed by atoms with Gasteiger partial charge in [0.05, 0.1) is 11.4 Å². The van der Waals surface area contributed by atoms with Gasteiger partial charge in [0.25, 0.3) is 0 Å². The van der Waals surface area contributed by atoms with Crippen LogP contribution in [0.1, 0.15) is 23.7 Å². The Labute approximate surface area is 158 Å². The van der Waals surface area contributed by atoms with Crippen LogP contribution in [0, 0.1) is 0 Å². The van der Waals surface area contributed by atoms with Gasteiger partial charge >= 0.3 is 0 Å². The minimum atomic E-state index is -1.07. The van der Waals surface area contributed by atoms with Crippen molar-refractivity contribution in [1.82, 2.24) is 15.1 Å². The van der Waals surface area contributed by atoms with E-state index < -0.39 is 5.67 Å². The van der Waals surface area contributed by atoms with Gasteiger partial charge in [-0.1, -0.05) is 60.7 Å². The second-order valence-electron chi connectivity index (χ2n) is 7.13. The van der Waals surface area contributed by atoms with Crippen LogP contribution in [0.2, 0.25) is 0 Å². The number of likely N-dealkylation sites (tertiary alicyclic amines) is 1. The van der Waals surface area contributed by atoms with Crippen LogP contribution in [-0.4, -0.2) is 39.6 Å². The van der Waals surface area contributed by atoms with Crippen LogP contribution >= 0.6 is 0 Å². The summed E-state index contributed by atoms with van der Waals surface area (Å²) in [7, 11) is 0. The van der Waals surface area contributed by atoms with Crippen molar-refractivity contribution >= 4 is 11.5 Å². The van der Waals surface area contributed by atoms with Gasteiger partial charge in [-0.05, 0) is 19.1 Å². The second kappa shape index (κ2) is 7.37. The molecule has 1 aliphatic heterocycles. The maximum Gasteiger partial charge on any atom is 0.175 e. The minimum absolute atomic E-state index is 0.445. The molecule has 4 rings (SSSR count). The predicted octanol–water partition coefficient (Wildman–Crippen LogP) is 4.19. The maximum atomic E-state index is 13.6. The molecule has 3 aromatic rings. The van der Waals surface area contributed by atoms with E-state index in [4.69, 9.17) is 4.99 Å². The molecule has 0 unspecified atom stereocenters. The van der Waals surface area contributed by atoms with Gasteiger partial charge < -0.3 is 0 Å². The molecular formula is C22H21FN4. The number of aliphatic imine (C=N–C) groups is 1. The van der Waals surface area contributed by atoms with Crippen LogP contribution in [-0.2, 0) is 6.54 Å². The highest BCUT2D eigenvalue weighted by atomic mass is 19.1. The van der Waals surface area contributed by atoms with Crippen LogP contribution < -0.4 is 0 Å². The largest absolute Gasteiger partial charge is 0.291 e. The van der Waals surface area contributed by atoms with E-state index in [-0.39, 0.29) is 0 Å². The quantitative estimate of drug-likeness (QED) is 0.641. The number of alkyl halides is 1. The molecule has 5 heteroatoms. The zero-order valence-electron chi connectivity index (χ0n) is 15.2. The Morgan fingerprint density at radius 2 is 1.52 bits per heavy atom. The summed E-state index contributed by atoms with van der Waals surface area (Å²) < 4.78 is 13.6. The first kappa shape index (κ1) is 17.5. The fraction of sp³-hybridized carbons (Fsp3) is 0.227. The Hall–Kier alpha value is -2.92. The van der Waals surface area contributed by atoms with E-state index in [9.17, 15) is 4.39 Å². The molecule has 1 aromatic heterocycles. The molecule has 0 N–H and O–H groups in total. The first-order valence-electron chi connectivity index (χ1n) is 9.02. The molecule has 0 bridgehead atoms. The van der Waals surface area contributed by atoms with E-state index in [1.165, 1.54) is 0 Å². The van der Waals surface area contributed by atoms with Gasteiger partial charge in [0.1, 0.15) is 5.67 Å². The highest BCUT2D eigenvalue weighted by Gasteiger charge is 2.38. The molecule has 0 saturated carbocycles. The van der Waals surface area contributed by atoms with Crippen molar-refractivity contribution in [3.05, 3.63) is 89.6 Å². The molecule has 2 aromatic carbocycles. The smallest absolute Gasteiger partial charge is 0.175 e. The third-order valence-corrected chi connectivity index (χ3v) is 4.52. The number of benzene rings is 2. The van der Waals surface area contributed by atoms with Gasteiger partial charge in [0.2, 0.25) is 0 Å². The Kier molecular flexibility index (Phi) is 4.77. The standard InChI is InChI=1S/C22H21FN4/c1-22(23)15-27(16-22)14-19-12-13-20(26-25-19)24-21(17-8-4-2-5-9-17)18-10-6-3-7-11-18/h2-13H,14-16H2,1H3. The highest BCUT2D eigenvalue weighted by Crippen LogP contribution is 2.25. The SMILES string of the molecule is CC1(F)CN(Cc2ccc(N=C(c3ccccc3)c3ccccc3)nn2)C1. The summed E-state index contributed by atoms with van der Waals surface area (Å²) in [6.45, 7) is 3.13. The molecule has 1 saturated heterocycles. The molecule has 0 radical (unpaired) electrons. The number of hydrogen-bond donors (Lipinski definition) is 0. The van der Waals surface area contributed by atoms with Crippen molar-refractivity contribution in [2.45, 2.75) is 19.1 Å². The molecule has 136 valence electrons. The lowest BCUT2D eigenvalue weighted by Crippen LogP contribution is -2.56. The first-order chi connectivity index (χ1) is 13.1. The van der Waals surface area contributed by atoms with E-state index in [1.807, 2.05) is 77.7 Å². The van der Waals surface area contributed by atoms with Gasteiger partial charge in [0.15, 0.2) is 5.82 Å². The lowest BCUT2D eigenvalue weighted by Gasteiger charge is -2.41. The van der Waals surface area contributed by atoms with Crippen molar-refractivity contribution < 1.29 is 4.39 Å². The summed E-state index contributed by atoms with van der Waals surface area (Å²) >= 11 is 0. The fourth-order valence-electron chi connectivity index (χ4n) is 3.33. The molecule has 1 fully saturated rings. The Balaban J connectivity index is 1.57. The van der Waals surface area contributed by atoms with E-state index in [0.29, 0.717) is 25.5 Å². The van der Waals surface area contributed by atoms with Crippen molar-refractivity contribution in [1.29, 1.82) is 0 Å². The lowest BCUT2D eigenvalue weighted by atomic mass is 9.99. The topological polar surface area (TPSA) is 41.4 Å². The van der Waals surface area contributed by atoms with Crippen molar-refractivity contribution in [2.75, 3.05) is 13.1 Å². The normalized spacial score (nSPS) is 15.8. The third-order valence-electron chi connectivity index (χ3n) is 4.52. The van der Waals surface area contributed by atoms with Gasteiger partial charge in [-0.25, -0.2) is 9.38 Å². The van der Waals surface area contributed by atoms with E-state index in [2.05, 4.69) is 10.2 Å². The molecule has 0 atom stereocenters. The molecule has 4 nitrogen and oxygen atoms in total. The average molecular weight is 360 g/mol. The molecule has 27 heavy (non-hydrogen) atoms. The minimum Gasteiger partial charge on any atom is -0.291 e. The van der Waals surface area contributed by atoms with Gasteiger partial charge in [-0.3, -0.25) is 4.90 Å². The highest BCUT2D eigenvalue weighted by molar-refractivity contribution is 6.13. The molecular weight excluding hydrogens is 339 g/mol. The Morgan fingerprint density at radius 3 is 2.00 bits per heavy atom. The number of aromatic nitrogens is 2. The van der Waals surface area contributed by atoms with Gasteiger partial charge in [-0.15, -0.1) is 5.10 Å². The fourth-order valence-corrected chi connectivity index (χ4v) is 3.33. The zero-order valence-corrected chi connectivity index (χ0v) is 15.2. The second-order valence-corrected chi connectivity index (χ2v) is 7.13. The summed E-state index contributed by atoms with van der Waals surface area (Å²) in [5, 5.41) is 8.53. The average Bonchev–Trinajstić information content (AvgIpc) is 2.67. The van der Waals surface area contributed by atoms with E-state index in [1.54, 1.807) is 6.92 Å². The summed E-state index contributed by atoms with van der Waals surface area (Å²) in [6, 6.07) is 23.9. The van der Waals surface area contributed by atoms with Gasteiger partial charge in [-0.2, -0.15) is 5.10 Å². The Morgan fingerprint density at radius 1 is 0.926 bits per heavy atom. The number of halogens is 1. The van der Waals surface area contributed by atoms with Crippen LogP contribution in [0.3, 0.4) is 0 Å². The van der Waals surface area contributed by atoms with Crippen LogP contribution in [0.25, 0.3) is 0 Å². The number of rotatable bonds is 5. The Bertz CT molecular complexity index is 872. The summed E-state index contributed by atoms with van der Waals surface area (Å²) in [5.41, 5.74) is 2.66. The van der Waals surface area contributed by atoms with Crippen LogP contribution in [0.15, 0.2) is 77.8 Å². The third kappa shape index (κ3) is 4.26. The molecule has 0 amide bonds. The molecule has 1 aliphatic rings. The van der Waals surface area contributed by atoms with Crippen LogP contribution in [0.5, 0.6) is 0 Å². The summed E-state index contributed by atoms with van der Waals surface area (Å²) in [4.78, 5) is 6.77. The monoisotopic (exact) mass is 360 g/mol. The van der Waals surface area contributed by atoms with Crippen molar-refractivity contribution in [3.8, 4) is 0 Å². The predicted molar refractivity (Wildman–Crippen MR) is 105 cm³/mol. The summed E-state index contributed by atoms with van der Waals surface area (Å²) in [5.74, 6) is 0.556. The number of nitrogens with zero attached hydrogens (tertiary/aromatic N) is 4. The zero-order chi connectivity index (χ0) is 18.7. The van der Waals surface area contributed by atoms with E-state index in [0.717, 1.165) is 22.5 Å². The maximum absolute atomic E-state index is 13.6. The van der Waals surface area contributed by atoms with Crippen LogP contribution in [0.4, 0.5) is 10.2 Å². The van der Waals surface area contributed by atoms with E-state index >= 15 is 0 Å². The van der Waals surface area contributed by atoms with Gasteiger partial charge in [0, 0.05) is 30.8 Å². The first-order valence-corrected chi connectivity index (χ1v) is 9.02. The summed E-state index contributed by atoms with van der Waals surface area (Å²) in [6.07, 6.45) is 0. The molecule has 2 heterocycles. The lowest BCUT2D eigenvalue weighted by molar-refractivity contribution is -0.0233. The van der Waals surface area contributed by atoms with Crippen molar-refractivity contribution in [2.24, 2.45) is 4.99 Å². The molecule has 0 spiro atoms. The van der Waals surface area contributed by atoms with Crippen molar-refractivity contribution in [3.63, 3.8) is 0 Å². The molecule has 0 aliphatic carbocycles. The number of hydrogen-bond acceptors (Lipinski definition) is 4.